The smallest absolute Gasteiger partial charge is 0.231 e. The van der Waals surface area contributed by atoms with Crippen molar-refractivity contribution in [2.24, 2.45) is 0 Å². The van der Waals surface area contributed by atoms with Gasteiger partial charge in [0, 0.05) is 5.56 Å². The zero-order valence-corrected chi connectivity index (χ0v) is 12.9. The van der Waals surface area contributed by atoms with Gasteiger partial charge in [0.25, 0.3) is 0 Å². The first-order valence-corrected chi connectivity index (χ1v) is 7.91. The zero-order valence-electron chi connectivity index (χ0n) is 12.9. The van der Waals surface area contributed by atoms with Crippen LogP contribution in [-0.2, 0) is 0 Å². The standard InChI is InChI=1S/C17H23NO3/c1-3-17(4-2,18-9-5-6-10-18)16(19)13-7-8-14-15(11-13)21-12-20-14/h7-8,11H,3-6,9-10,12H2,1-2H3. The van der Waals surface area contributed by atoms with Crippen molar-refractivity contribution in [2.75, 3.05) is 19.9 Å². The first-order valence-electron chi connectivity index (χ1n) is 7.91. The molecule has 1 aromatic carbocycles. The van der Waals surface area contributed by atoms with E-state index < -0.39 is 0 Å². The van der Waals surface area contributed by atoms with Gasteiger partial charge < -0.3 is 9.47 Å². The summed E-state index contributed by atoms with van der Waals surface area (Å²) in [5.41, 5.74) is 0.361. The van der Waals surface area contributed by atoms with Gasteiger partial charge in [-0.15, -0.1) is 0 Å². The number of rotatable bonds is 5. The maximum atomic E-state index is 13.2. The molecule has 4 heteroatoms. The molecule has 0 amide bonds. The van der Waals surface area contributed by atoms with Gasteiger partial charge in [0.2, 0.25) is 6.79 Å². The van der Waals surface area contributed by atoms with Gasteiger partial charge in [-0.25, -0.2) is 0 Å². The van der Waals surface area contributed by atoms with Crippen molar-refractivity contribution in [3.05, 3.63) is 23.8 Å². The Kier molecular flexibility index (Phi) is 3.89. The largest absolute Gasteiger partial charge is 0.454 e. The van der Waals surface area contributed by atoms with Crippen LogP contribution >= 0.6 is 0 Å². The second-order valence-electron chi connectivity index (χ2n) is 5.83. The van der Waals surface area contributed by atoms with E-state index in [1.54, 1.807) is 0 Å². The summed E-state index contributed by atoms with van der Waals surface area (Å²) in [5.74, 6) is 1.63. The molecule has 1 aromatic rings. The van der Waals surface area contributed by atoms with Gasteiger partial charge in [0.15, 0.2) is 17.3 Å². The van der Waals surface area contributed by atoms with Crippen molar-refractivity contribution >= 4 is 5.78 Å². The third kappa shape index (κ3) is 2.31. The Morgan fingerprint density at radius 2 is 1.81 bits per heavy atom. The molecule has 1 saturated heterocycles. The molecule has 4 nitrogen and oxygen atoms in total. The third-order valence-corrected chi connectivity index (χ3v) is 4.94. The Hall–Kier alpha value is -1.55. The Morgan fingerprint density at radius 3 is 2.48 bits per heavy atom. The van der Waals surface area contributed by atoms with E-state index in [9.17, 15) is 4.79 Å². The van der Waals surface area contributed by atoms with Crippen molar-refractivity contribution in [1.29, 1.82) is 0 Å². The lowest BCUT2D eigenvalue weighted by Gasteiger charge is -2.39. The monoisotopic (exact) mass is 289 g/mol. The molecule has 2 heterocycles. The topological polar surface area (TPSA) is 38.8 Å². The van der Waals surface area contributed by atoms with Crippen LogP contribution in [0.25, 0.3) is 0 Å². The van der Waals surface area contributed by atoms with E-state index in [1.807, 2.05) is 18.2 Å². The average molecular weight is 289 g/mol. The molecule has 0 saturated carbocycles. The van der Waals surface area contributed by atoms with Crippen molar-refractivity contribution in [2.45, 2.75) is 45.1 Å². The minimum atomic E-state index is -0.371. The molecule has 0 bridgehead atoms. The van der Waals surface area contributed by atoms with E-state index in [1.165, 1.54) is 12.8 Å². The summed E-state index contributed by atoms with van der Waals surface area (Å²) in [6.45, 7) is 6.53. The van der Waals surface area contributed by atoms with Gasteiger partial charge in [-0.3, -0.25) is 9.69 Å². The number of hydrogen-bond donors (Lipinski definition) is 0. The van der Waals surface area contributed by atoms with Crippen molar-refractivity contribution < 1.29 is 14.3 Å². The molecule has 3 rings (SSSR count). The molecule has 0 atom stereocenters. The van der Waals surface area contributed by atoms with Crippen LogP contribution in [0.1, 0.15) is 49.9 Å². The molecular weight excluding hydrogens is 266 g/mol. The third-order valence-electron chi connectivity index (χ3n) is 4.94. The highest BCUT2D eigenvalue weighted by Gasteiger charge is 2.42. The molecule has 114 valence electrons. The van der Waals surface area contributed by atoms with Crippen molar-refractivity contribution in [3.8, 4) is 11.5 Å². The first-order chi connectivity index (χ1) is 10.2. The van der Waals surface area contributed by atoms with E-state index in [-0.39, 0.29) is 18.1 Å². The molecule has 0 N–H and O–H groups in total. The van der Waals surface area contributed by atoms with Crippen LogP contribution in [-0.4, -0.2) is 36.1 Å². The Bertz CT molecular complexity index is 531. The van der Waals surface area contributed by atoms with E-state index in [2.05, 4.69) is 18.7 Å². The number of nitrogens with zero attached hydrogens (tertiary/aromatic N) is 1. The van der Waals surface area contributed by atoms with Crippen LogP contribution in [0.2, 0.25) is 0 Å². The fourth-order valence-corrected chi connectivity index (χ4v) is 3.61. The highest BCUT2D eigenvalue weighted by molar-refractivity contribution is 6.03. The molecule has 1 fully saturated rings. The van der Waals surface area contributed by atoms with E-state index in [4.69, 9.17) is 9.47 Å². The van der Waals surface area contributed by atoms with Crippen molar-refractivity contribution in [1.82, 2.24) is 4.90 Å². The highest BCUT2D eigenvalue weighted by atomic mass is 16.7. The molecule has 2 aliphatic heterocycles. The summed E-state index contributed by atoms with van der Waals surface area (Å²) >= 11 is 0. The van der Waals surface area contributed by atoms with Gasteiger partial charge in [-0.1, -0.05) is 13.8 Å². The first kappa shape index (κ1) is 14.4. The summed E-state index contributed by atoms with van der Waals surface area (Å²) < 4.78 is 10.7. The zero-order chi connectivity index (χ0) is 14.9. The maximum Gasteiger partial charge on any atom is 0.231 e. The quantitative estimate of drug-likeness (QED) is 0.780. The summed E-state index contributed by atoms with van der Waals surface area (Å²) in [4.78, 5) is 15.6. The van der Waals surface area contributed by atoms with Crippen LogP contribution in [0.5, 0.6) is 11.5 Å². The van der Waals surface area contributed by atoms with Crippen LogP contribution in [0.4, 0.5) is 0 Å². The van der Waals surface area contributed by atoms with Crippen LogP contribution in [0, 0.1) is 0 Å². The Labute approximate surface area is 126 Å². The summed E-state index contributed by atoms with van der Waals surface area (Å²) in [5, 5.41) is 0. The van der Waals surface area contributed by atoms with E-state index in [0.717, 1.165) is 37.2 Å². The highest BCUT2D eigenvalue weighted by Crippen LogP contribution is 2.36. The second kappa shape index (κ2) is 5.68. The van der Waals surface area contributed by atoms with Gasteiger partial charge in [0.1, 0.15) is 0 Å². The molecule has 21 heavy (non-hydrogen) atoms. The number of likely N-dealkylation sites (tertiary alicyclic amines) is 1. The molecule has 0 aliphatic carbocycles. The van der Waals surface area contributed by atoms with E-state index >= 15 is 0 Å². The summed E-state index contributed by atoms with van der Waals surface area (Å²) in [6, 6.07) is 5.54. The summed E-state index contributed by atoms with van der Waals surface area (Å²) in [6.07, 6.45) is 4.07. The fraction of sp³-hybridized carbons (Fsp3) is 0.588. The Balaban J connectivity index is 1.93. The lowest BCUT2D eigenvalue weighted by atomic mass is 9.82. The van der Waals surface area contributed by atoms with Gasteiger partial charge >= 0.3 is 0 Å². The maximum absolute atomic E-state index is 13.2. The second-order valence-corrected chi connectivity index (χ2v) is 5.83. The minimum absolute atomic E-state index is 0.215. The normalized spacial score (nSPS) is 18.2. The number of fused-ring (bicyclic) bond motifs is 1. The van der Waals surface area contributed by atoms with Crippen LogP contribution in [0.15, 0.2) is 18.2 Å². The van der Waals surface area contributed by atoms with Gasteiger partial charge in [-0.05, 0) is 57.0 Å². The number of ketones is 1. The number of hydrogen-bond acceptors (Lipinski definition) is 4. The molecular formula is C17H23NO3. The fourth-order valence-electron chi connectivity index (χ4n) is 3.61. The summed E-state index contributed by atoms with van der Waals surface area (Å²) in [7, 11) is 0. The molecule has 0 spiro atoms. The molecule has 2 aliphatic rings. The molecule has 0 radical (unpaired) electrons. The number of carbonyl (C=O) groups is 1. The number of ether oxygens (including phenoxy) is 2. The number of carbonyl (C=O) groups excluding carboxylic acids is 1. The predicted octanol–water partition coefficient (Wildman–Crippen LogP) is 3.25. The van der Waals surface area contributed by atoms with Crippen LogP contribution in [0.3, 0.4) is 0 Å². The lowest BCUT2D eigenvalue weighted by Crippen LogP contribution is -2.52. The van der Waals surface area contributed by atoms with Gasteiger partial charge in [-0.2, -0.15) is 0 Å². The minimum Gasteiger partial charge on any atom is -0.454 e. The number of Topliss-reactive ketones (excluding diaryl/α,β-unsaturated/α-hetero) is 1. The SMILES string of the molecule is CCC(CC)(C(=O)c1ccc2c(c1)OCO2)N1CCCC1. The van der Waals surface area contributed by atoms with Gasteiger partial charge in [0.05, 0.1) is 5.54 Å². The van der Waals surface area contributed by atoms with Crippen molar-refractivity contribution in [3.63, 3.8) is 0 Å². The average Bonchev–Trinajstić information content (AvgIpc) is 3.19. The van der Waals surface area contributed by atoms with Crippen LogP contribution < -0.4 is 9.47 Å². The molecule has 0 unspecified atom stereocenters. The Morgan fingerprint density at radius 1 is 1.14 bits per heavy atom. The molecule has 0 aromatic heterocycles. The lowest BCUT2D eigenvalue weighted by molar-refractivity contribution is 0.0581. The number of benzene rings is 1. The van der Waals surface area contributed by atoms with E-state index in [0.29, 0.717) is 5.75 Å². The predicted molar refractivity (Wildman–Crippen MR) is 81.0 cm³/mol.